The first-order valence-corrected chi connectivity index (χ1v) is 7.00. The molecule has 21 heavy (non-hydrogen) atoms. The molecular formula is C17H19NO3. The van der Waals surface area contributed by atoms with E-state index in [4.69, 9.17) is 14.2 Å². The Labute approximate surface area is 124 Å². The van der Waals surface area contributed by atoms with Crippen molar-refractivity contribution in [1.82, 2.24) is 0 Å². The van der Waals surface area contributed by atoms with Crippen LogP contribution in [0.4, 0.5) is 5.69 Å². The molecule has 0 atom stereocenters. The Morgan fingerprint density at radius 2 is 2.00 bits per heavy atom. The molecule has 2 aromatic carbocycles. The Kier molecular flexibility index (Phi) is 3.86. The number of hydrogen-bond donors (Lipinski definition) is 1. The molecule has 0 radical (unpaired) electrons. The first kappa shape index (κ1) is 13.6. The summed E-state index contributed by atoms with van der Waals surface area (Å²) in [6.07, 6.45) is 0.992. The van der Waals surface area contributed by atoms with Crippen molar-refractivity contribution in [2.24, 2.45) is 0 Å². The van der Waals surface area contributed by atoms with Crippen LogP contribution in [0.1, 0.15) is 11.1 Å². The second-order valence-electron chi connectivity index (χ2n) is 4.96. The molecule has 0 spiro atoms. The molecule has 1 N–H and O–H groups in total. The van der Waals surface area contributed by atoms with Crippen molar-refractivity contribution < 1.29 is 14.2 Å². The van der Waals surface area contributed by atoms with Gasteiger partial charge in [0.2, 0.25) is 0 Å². The van der Waals surface area contributed by atoms with Crippen molar-refractivity contribution in [3.8, 4) is 17.2 Å². The van der Waals surface area contributed by atoms with Gasteiger partial charge in [0.15, 0.2) is 0 Å². The summed E-state index contributed by atoms with van der Waals surface area (Å²) in [6, 6.07) is 12.1. The van der Waals surface area contributed by atoms with Crippen LogP contribution in [0.15, 0.2) is 36.4 Å². The minimum Gasteiger partial charge on any atom is -0.497 e. The Morgan fingerprint density at radius 1 is 1.10 bits per heavy atom. The van der Waals surface area contributed by atoms with Gasteiger partial charge in [-0.25, -0.2) is 0 Å². The van der Waals surface area contributed by atoms with Gasteiger partial charge in [0, 0.05) is 19.0 Å². The largest absolute Gasteiger partial charge is 0.497 e. The number of fused-ring (bicyclic) bond motifs is 1. The van der Waals surface area contributed by atoms with E-state index in [1.54, 1.807) is 14.2 Å². The van der Waals surface area contributed by atoms with E-state index in [1.807, 2.05) is 24.3 Å². The van der Waals surface area contributed by atoms with Crippen LogP contribution in [0.3, 0.4) is 0 Å². The topological polar surface area (TPSA) is 39.7 Å². The van der Waals surface area contributed by atoms with Gasteiger partial charge in [-0.1, -0.05) is 12.1 Å². The Bertz CT molecular complexity index is 640. The number of benzene rings is 2. The van der Waals surface area contributed by atoms with E-state index in [0.717, 1.165) is 42.5 Å². The minimum absolute atomic E-state index is 0.733. The Hall–Kier alpha value is -2.36. The van der Waals surface area contributed by atoms with E-state index >= 15 is 0 Å². The molecule has 0 saturated heterocycles. The molecule has 0 amide bonds. The van der Waals surface area contributed by atoms with Gasteiger partial charge in [-0.15, -0.1) is 0 Å². The standard InChI is InChI=1S/C17H19NO3/c1-19-14-4-6-17(20-2)15(10-14)18-11-12-3-5-16-13(9-12)7-8-21-16/h3-6,9-10,18H,7-8,11H2,1-2H3. The van der Waals surface area contributed by atoms with Crippen molar-refractivity contribution in [1.29, 1.82) is 0 Å². The van der Waals surface area contributed by atoms with Crippen molar-refractivity contribution in [3.05, 3.63) is 47.5 Å². The van der Waals surface area contributed by atoms with Crippen LogP contribution in [0.5, 0.6) is 17.2 Å². The molecule has 4 heteroatoms. The van der Waals surface area contributed by atoms with Crippen LogP contribution in [0, 0.1) is 0 Å². The third kappa shape index (κ3) is 2.89. The first-order chi connectivity index (χ1) is 10.3. The lowest BCUT2D eigenvalue weighted by atomic mass is 10.1. The smallest absolute Gasteiger partial charge is 0.142 e. The van der Waals surface area contributed by atoms with Crippen LogP contribution in [-0.4, -0.2) is 20.8 Å². The van der Waals surface area contributed by atoms with Crippen molar-refractivity contribution in [3.63, 3.8) is 0 Å². The van der Waals surface area contributed by atoms with Gasteiger partial charge in [-0.05, 0) is 29.3 Å². The highest BCUT2D eigenvalue weighted by Crippen LogP contribution is 2.30. The number of ether oxygens (including phenoxy) is 3. The van der Waals surface area contributed by atoms with Crippen LogP contribution >= 0.6 is 0 Å². The summed E-state index contributed by atoms with van der Waals surface area (Å²) in [4.78, 5) is 0. The summed E-state index contributed by atoms with van der Waals surface area (Å²) in [5.74, 6) is 2.62. The quantitative estimate of drug-likeness (QED) is 0.915. The van der Waals surface area contributed by atoms with E-state index in [9.17, 15) is 0 Å². The van der Waals surface area contributed by atoms with Crippen LogP contribution < -0.4 is 19.5 Å². The molecule has 0 aliphatic carbocycles. The SMILES string of the molecule is COc1ccc(OC)c(NCc2ccc3c(c2)CCO3)c1. The molecule has 1 heterocycles. The molecule has 1 aliphatic rings. The molecule has 3 rings (SSSR count). The average Bonchev–Trinajstić information content (AvgIpc) is 3.00. The predicted molar refractivity (Wildman–Crippen MR) is 82.5 cm³/mol. The molecule has 4 nitrogen and oxygen atoms in total. The van der Waals surface area contributed by atoms with Crippen LogP contribution in [-0.2, 0) is 13.0 Å². The minimum atomic E-state index is 0.733. The van der Waals surface area contributed by atoms with Crippen molar-refractivity contribution >= 4 is 5.69 Å². The van der Waals surface area contributed by atoms with Gasteiger partial charge in [0.25, 0.3) is 0 Å². The van der Waals surface area contributed by atoms with E-state index < -0.39 is 0 Å². The molecule has 0 aromatic heterocycles. The van der Waals surface area contributed by atoms with Gasteiger partial charge in [0.05, 0.1) is 26.5 Å². The maximum atomic E-state index is 5.53. The highest BCUT2D eigenvalue weighted by molar-refractivity contribution is 5.60. The molecule has 0 fully saturated rings. The normalized spacial score (nSPS) is 12.5. The monoisotopic (exact) mass is 285 g/mol. The van der Waals surface area contributed by atoms with Gasteiger partial charge < -0.3 is 19.5 Å². The lowest BCUT2D eigenvalue weighted by Crippen LogP contribution is -2.02. The number of anilines is 1. The molecular weight excluding hydrogens is 266 g/mol. The highest BCUT2D eigenvalue weighted by Gasteiger charge is 2.12. The Balaban J connectivity index is 1.75. The van der Waals surface area contributed by atoms with Gasteiger partial charge in [-0.3, -0.25) is 0 Å². The lowest BCUT2D eigenvalue weighted by molar-refractivity contribution is 0.357. The fraction of sp³-hybridized carbons (Fsp3) is 0.294. The third-order valence-corrected chi connectivity index (χ3v) is 3.64. The summed E-state index contributed by atoms with van der Waals surface area (Å²) < 4.78 is 16.2. The van der Waals surface area contributed by atoms with Crippen molar-refractivity contribution in [2.75, 3.05) is 26.1 Å². The van der Waals surface area contributed by atoms with Gasteiger partial charge in [0.1, 0.15) is 17.2 Å². The first-order valence-electron chi connectivity index (χ1n) is 7.00. The average molecular weight is 285 g/mol. The fourth-order valence-electron chi connectivity index (χ4n) is 2.50. The predicted octanol–water partition coefficient (Wildman–Crippen LogP) is 3.25. The zero-order chi connectivity index (χ0) is 14.7. The molecule has 110 valence electrons. The van der Waals surface area contributed by atoms with E-state index in [2.05, 4.69) is 17.4 Å². The van der Waals surface area contributed by atoms with Crippen molar-refractivity contribution in [2.45, 2.75) is 13.0 Å². The summed E-state index contributed by atoms with van der Waals surface area (Å²) in [7, 11) is 3.33. The molecule has 0 bridgehead atoms. The number of methoxy groups -OCH3 is 2. The third-order valence-electron chi connectivity index (χ3n) is 3.64. The summed E-state index contributed by atoms with van der Waals surface area (Å²) >= 11 is 0. The summed E-state index contributed by atoms with van der Waals surface area (Å²) in [5, 5.41) is 3.40. The van der Waals surface area contributed by atoms with Gasteiger partial charge >= 0.3 is 0 Å². The molecule has 0 saturated carbocycles. The summed E-state index contributed by atoms with van der Waals surface area (Å²) in [6.45, 7) is 1.52. The zero-order valence-electron chi connectivity index (χ0n) is 12.3. The number of hydrogen-bond acceptors (Lipinski definition) is 4. The molecule has 1 aliphatic heterocycles. The fourth-order valence-corrected chi connectivity index (χ4v) is 2.50. The molecule has 0 unspecified atom stereocenters. The highest BCUT2D eigenvalue weighted by atomic mass is 16.5. The van der Waals surface area contributed by atoms with E-state index in [0.29, 0.717) is 0 Å². The number of nitrogens with one attached hydrogen (secondary N) is 1. The zero-order valence-corrected chi connectivity index (χ0v) is 12.3. The van der Waals surface area contributed by atoms with Crippen LogP contribution in [0.2, 0.25) is 0 Å². The van der Waals surface area contributed by atoms with E-state index in [-0.39, 0.29) is 0 Å². The lowest BCUT2D eigenvalue weighted by Gasteiger charge is -2.13. The van der Waals surface area contributed by atoms with Gasteiger partial charge in [-0.2, -0.15) is 0 Å². The Morgan fingerprint density at radius 3 is 2.81 bits per heavy atom. The van der Waals surface area contributed by atoms with E-state index in [1.165, 1.54) is 11.1 Å². The molecule has 2 aromatic rings. The number of rotatable bonds is 5. The van der Waals surface area contributed by atoms with Crippen LogP contribution in [0.25, 0.3) is 0 Å². The maximum Gasteiger partial charge on any atom is 0.142 e. The summed E-state index contributed by atoms with van der Waals surface area (Å²) in [5.41, 5.74) is 3.43. The second-order valence-corrected chi connectivity index (χ2v) is 4.96. The maximum absolute atomic E-state index is 5.53. The second kappa shape index (κ2) is 5.95.